The second kappa shape index (κ2) is 5.56. The maximum atomic E-state index is 11.9. The highest BCUT2D eigenvalue weighted by molar-refractivity contribution is 5.83. The van der Waals surface area contributed by atoms with Crippen LogP contribution in [0.2, 0.25) is 0 Å². The van der Waals surface area contributed by atoms with Gasteiger partial charge in [-0.15, -0.1) is 0 Å². The van der Waals surface area contributed by atoms with Crippen LogP contribution < -0.4 is 9.47 Å². The van der Waals surface area contributed by atoms with Crippen LogP contribution in [0.3, 0.4) is 0 Å². The van der Waals surface area contributed by atoms with Crippen LogP contribution in [0.5, 0.6) is 11.5 Å². The summed E-state index contributed by atoms with van der Waals surface area (Å²) in [7, 11) is 1.61. The number of carbonyl (C=O) groups is 1. The molecular weight excluding hydrogens is 272 g/mol. The molecule has 1 heterocycles. The van der Waals surface area contributed by atoms with Gasteiger partial charge < -0.3 is 19.3 Å². The number of hydrogen-bond donors (Lipinski definition) is 1. The lowest BCUT2D eigenvalue weighted by molar-refractivity contribution is -0.143. The van der Waals surface area contributed by atoms with E-state index in [1.807, 2.05) is 12.1 Å². The minimum atomic E-state index is -0.816. The fourth-order valence-electron chi connectivity index (χ4n) is 3.43. The van der Waals surface area contributed by atoms with Gasteiger partial charge in [0, 0.05) is 7.11 Å². The Morgan fingerprint density at radius 2 is 1.86 bits per heavy atom. The molecule has 0 unspecified atom stereocenters. The molecule has 5 nitrogen and oxygen atoms in total. The Morgan fingerprint density at radius 3 is 2.43 bits per heavy atom. The van der Waals surface area contributed by atoms with Crippen molar-refractivity contribution in [3.63, 3.8) is 0 Å². The van der Waals surface area contributed by atoms with Gasteiger partial charge in [0.05, 0.1) is 12.0 Å². The Kier molecular flexibility index (Phi) is 3.76. The Labute approximate surface area is 123 Å². The highest BCUT2D eigenvalue weighted by Gasteiger charge is 2.44. The molecule has 0 radical (unpaired) electrons. The van der Waals surface area contributed by atoms with Gasteiger partial charge in [0.15, 0.2) is 11.5 Å². The van der Waals surface area contributed by atoms with Crippen molar-refractivity contribution < 1.29 is 24.1 Å². The van der Waals surface area contributed by atoms with Crippen LogP contribution in [0.15, 0.2) is 12.1 Å². The van der Waals surface area contributed by atoms with Crippen molar-refractivity contribution in [3.8, 4) is 11.5 Å². The first kappa shape index (κ1) is 14.2. The molecule has 0 aromatic heterocycles. The van der Waals surface area contributed by atoms with Gasteiger partial charge in [-0.1, -0.05) is 12.8 Å². The molecule has 3 rings (SSSR count). The molecule has 2 aliphatic rings. The molecule has 0 spiro atoms. The van der Waals surface area contributed by atoms with Crippen molar-refractivity contribution in [1.29, 1.82) is 0 Å². The SMILES string of the molecule is COCc1cc2c(cc1C1(C(=O)O)CCCC1)OCCO2. The standard InChI is InChI=1S/C16H20O5/c1-19-10-11-8-13-14(21-7-6-20-13)9-12(11)16(15(17)18)4-2-3-5-16/h8-9H,2-7,10H2,1H3,(H,17,18). The van der Waals surface area contributed by atoms with Gasteiger partial charge in [0.25, 0.3) is 0 Å². The third-order valence-corrected chi connectivity index (χ3v) is 4.45. The van der Waals surface area contributed by atoms with Gasteiger partial charge in [-0.25, -0.2) is 0 Å². The smallest absolute Gasteiger partial charge is 0.314 e. The topological polar surface area (TPSA) is 65.0 Å². The summed E-state index contributed by atoms with van der Waals surface area (Å²) >= 11 is 0. The number of aliphatic carboxylic acids is 1. The highest BCUT2D eigenvalue weighted by atomic mass is 16.6. The molecule has 1 N–H and O–H groups in total. The van der Waals surface area contributed by atoms with Gasteiger partial charge in [-0.2, -0.15) is 0 Å². The number of carboxylic acids is 1. The molecule has 1 saturated carbocycles. The largest absolute Gasteiger partial charge is 0.486 e. The van der Waals surface area contributed by atoms with Crippen LogP contribution in [-0.4, -0.2) is 31.4 Å². The number of carboxylic acid groups (broad SMARTS) is 1. The number of benzene rings is 1. The Bertz CT molecular complexity index is 546. The Morgan fingerprint density at radius 1 is 1.24 bits per heavy atom. The molecule has 1 aliphatic carbocycles. The zero-order valence-electron chi connectivity index (χ0n) is 12.2. The summed E-state index contributed by atoms with van der Waals surface area (Å²) in [6, 6.07) is 3.72. The first-order valence-corrected chi connectivity index (χ1v) is 7.33. The third-order valence-electron chi connectivity index (χ3n) is 4.45. The van der Waals surface area contributed by atoms with Crippen LogP contribution in [0.1, 0.15) is 36.8 Å². The lowest BCUT2D eigenvalue weighted by Gasteiger charge is -2.29. The molecule has 0 atom stereocenters. The van der Waals surface area contributed by atoms with Gasteiger partial charge in [-0.3, -0.25) is 4.79 Å². The van der Waals surface area contributed by atoms with Crippen molar-refractivity contribution in [1.82, 2.24) is 0 Å². The van der Waals surface area contributed by atoms with Crippen molar-refractivity contribution in [2.45, 2.75) is 37.7 Å². The fraction of sp³-hybridized carbons (Fsp3) is 0.562. The summed E-state index contributed by atoms with van der Waals surface area (Å²) in [4.78, 5) is 11.9. The number of rotatable bonds is 4. The predicted molar refractivity (Wildman–Crippen MR) is 75.9 cm³/mol. The zero-order chi connectivity index (χ0) is 14.9. The molecule has 1 fully saturated rings. The van der Waals surface area contributed by atoms with E-state index in [1.54, 1.807) is 7.11 Å². The third kappa shape index (κ3) is 2.35. The van der Waals surface area contributed by atoms with Crippen molar-refractivity contribution >= 4 is 5.97 Å². The van der Waals surface area contributed by atoms with Crippen LogP contribution in [0.25, 0.3) is 0 Å². The first-order chi connectivity index (χ1) is 10.2. The van der Waals surface area contributed by atoms with E-state index in [0.29, 0.717) is 44.2 Å². The summed E-state index contributed by atoms with van der Waals surface area (Å²) in [6.07, 6.45) is 3.21. The van der Waals surface area contributed by atoms with E-state index in [1.165, 1.54) is 0 Å². The molecule has 21 heavy (non-hydrogen) atoms. The minimum Gasteiger partial charge on any atom is -0.486 e. The Balaban J connectivity index is 2.12. The number of hydrogen-bond acceptors (Lipinski definition) is 4. The summed E-state index contributed by atoms with van der Waals surface area (Å²) in [5.41, 5.74) is 0.883. The zero-order valence-corrected chi connectivity index (χ0v) is 12.2. The fourth-order valence-corrected chi connectivity index (χ4v) is 3.43. The van der Waals surface area contributed by atoms with Crippen LogP contribution in [0.4, 0.5) is 0 Å². The summed E-state index contributed by atoms with van der Waals surface area (Å²) in [5, 5.41) is 9.80. The number of methoxy groups -OCH3 is 1. The molecule has 0 saturated heterocycles. The minimum absolute atomic E-state index is 0.376. The second-order valence-electron chi connectivity index (χ2n) is 5.68. The Hall–Kier alpha value is -1.75. The highest BCUT2D eigenvalue weighted by Crippen LogP contribution is 2.46. The van der Waals surface area contributed by atoms with E-state index in [0.717, 1.165) is 24.0 Å². The van der Waals surface area contributed by atoms with E-state index < -0.39 is 11.4 Å². The van der Waals surface area contributed by atoms with Crippen molar-refractivity contribution in [3.05, 3.63) is 23.3 Å². The average molecular weight is 292 g/mol. The first-order valence-electron chi connectivity index (χ1n) is 7.33. The predicted octanol–water partition coefficient (Wildman–Crippen LogP) is 2.50. The summed E-state index contributed by atoms with van der Waals surface area (Å²) in [6.45, 7) is 1.39. The molecule has 1 aliphatic heterocycles. The molecule has 0 amide bonds. The van der Waals surface area contributed by atoms with E-state index in [2.05, 4.69) is 0 Å². The van der Waals surface area contributed by atoms with E-state index >= 15 is 0 Å². The van der Waals surface area contributed by atoms with Gasteiger partial charge in [0.1, 0.15) is 13.2 Å². The van der Waals surface area contributed by atoms with Crippen LogP contribution in [0, 0.1) is 0 Å². The van der Waals surface area contributed by atoms with Crippen LogP contribution >= 0.6 is 0 Å². The summed E-state index contributed by atoms with van der Waals surface area (Å²) < 4.78 is 16.5. The quantitative estimate of drug-likeness (QED) is 0.923. The van der Waals surface area contributed by atoms with E-state index in [9.17, 15) is 9.90 Å². The molecular formula is C16H20O5. The lowest BCUT2D eigenvalue weighted by atomic mass is 9.76. The molecule has 0 bridgehead atoms. The lowest BCUT2D eigenvalue weighted by Crippen LogP contribution is -2.34. The van der Waals surface area contributed by atoms with Crippen molar-refractivity contribution in [2.24, 2.45) is 0 Å². The molecule has 1 aromatic carbocycles. The molecule has 114 valence electrons. The normalized spacial score (nSPS) is 19.5. The van der Waals surface area contributed by atoms with E-state index in [4.69, 9.17) is 14.2 Å². The second-order valence-corrected chi connectivity index (χ2v) is 5.68. The van der Waals surface area contributed by atoms with Gasteiger partial charge in [-0.05, 0) is 36.1 Å². The average Bonchev–Trinajstić information content (AvgIpc) is 2.97. The van der Waals surface area contributed by atoms with Crippen molar-refractivity contribution in [2.75, 3.05) is 20.3 Å². The summed E-state index contributed by atoms with van der Waals surface area (Å²) in [5.74, 6) is 0.563. The maximum Gasteiger partial charge on any atom is 0.314 e. The van der Waals surface area contributed by atoms with E-state index in [-0.39, 0.29) is 0 Å². The van der Waals surface area contributed by atoms with Crippen LogP contribution in [-0.2, 0) is 21.6 Å². The van der Waals surface area contributed by atoms with Gasteiger partial charge >= 0.3 is 5.97 Å². The molecule has 5 heteroatoms. The molecule has 1 aromatic rings. The number of ether oxygens (including phenoxy) is 3. The monoisotopic (exact) mass is 292 g/mol. The maximum absolute atomic E-state index is 11.9. The van der Waals surface area contributed by atoms with Gasteiger partial charge in [0.2, 0.25) is 0 Å². The number of fused-ring (bicyclic) bond motifs is 1.